The predicted molar refractivity (Wildman–Crippen MR) is 68.7 cm³/mol. The minimum atomic E-state index is -1.18. The van der Waals surface area contributed by atoms with Gasteiger partial charge in [-0.05, 0) is 18.8 Å². The van der Waals surface area contributed by atoms with Gasteiger partial charge in [-0.2, -0.15) is 0 Å². The van der Waals surface area contributed by atoms with Gasteiger partial charge in [0.15, 0.2) is 0 Å². The summed E-state index contributed by atoms with van der Waals surface area (Å²) in [4.78, 5) is 11.9. The molecule has 1 aliphatic rings. The van der Waals surface area contributed by atoms with Crippen LogP contribution in [-0.4, -0.2) is 17.3 Å². The van der Waals surface area contributed by atoms with E-state index in [4.69, 9.17) is 0 Å². The van der Waals surface area contributed by atoms with Crippen LogP contribution in [0.5, 0.6) is 0 Å². The zero-order chi connectivity index (χ0) is 14.0. The molecule has 0 bridgehead atoms. The molecule has 1 saturated carbocycles. The molecule has 19 heavy (non-hydrogen) atoms. The molecule has 2 rings (SSSR count). The van der Waals surface area contributed by atoms with Crippen molar-refractivity contribution >= 4 is 21.8 Å². The monoisotopic (exact) mass is 335 g/mol. The third-order valence-electron chi connectivity index (χ3n) is 3.41. The van der Waals surface area contributed by atoms with Gasteiger partial charge in [-0.25, -0.2) is 13.2 Å². The van der Waals surface area contributed by atoms with E-state index in [-0.39, 0.29) is 12.0 Å². The largest absolute Gasteiger partial charge is 0.349 e. The van der Waals surface area contributed by atoms with E-state index in [9.17, 15) is 18.0 Å². The van der Waals surface area contributed by atoms with Crippen molar-refractivity contribution in [1.82, 2.24) is 5.32 Å². The molecule has 104 valence electrons. The Hall–Kier alpha value is -1.04. The van der Waals surface area contributed by atoms with E-state index in [1.165, 1.54) is 0 Å². The number of benzene rings is 1. The summed E-state index contributed by atoms with van der Waals surface area (Å²) in [5.41, 5.74) is -0.721. The molecule has 6 heteroatoms. The topological polar surface area (TPSA) is 29.1 Å². The van der Waals surface area contributed by atoms with Gasteiger partial charge >= 0.3 is 0 Å². The van der Waals surface area contributed by atoms with Gasteiger partial charge in [0.2, 0.25) is 0 Å². The fourth-order valence-electron chi connectivity index (χ4n) is 2.41. The zero-order valence-electron chi connectivity index (χ0n) is 10.1. The number of halogens is 4. The molecule has 1 amide bonds. The fraction of sp³-hybridized carbons (Fsp3) is 0.462. The van der Waals surface area contributed by atoms with E-state index in [0.717, 1.165) is 24.6 Å². The molecule has 1 N–H and O–H groups in total. The van der Waals surface area contributed by atoms with E-state index >= 15 is 0 Å². The van der Waals surface area contributed by atoms with Gasteiger partial charge in [0.1, 0.15) is 23.0 Å². The lowest BCUT2D eigenvalue weighted by Gasteiger charge is -2.19. The van der Waals surface area contributed by atoms with Crippen LogP contribution in [0.25, 0.3) is 0 Å². The van der Waals surface area contributed by atoms with E-state index in [0.29, 0.717) is 12.1 Å². The number of carbonyl (C=O) groups excluding carboxylic acids is 1. The molecule has 0 saturated heterocycles. The number of rotatable bonds is 3. The van der Waals surface area contributed by atoms with Gasteiger partial charge in [-0.1, -0.05) is 22.4 Å². The Morgan fingerprint density at radius 2 is 1.89 bits per heavy atom. The van der Waals surface area contributed by atoms with Crippen molar-refractivity contribution in [3.8, 4) is 0 Å². The smallest absolute Gasteiger partial charge is 0.257 e. The Kier molecular flexibility index (Phi) is 4.50. The zero-order valence-corrected chi connectivity index (χ0v) is 11.6. The molecule has 0 aliphatic heterocycles. The van der Waals surface area contributed by atoms with E-state index < -0.39 is 28.9 Å². The molecule has 0 radical (unpaired) electrons. The molecule has 1 aliphatic carbocycles. The van der Waals surface area contributed by atoms with Crippen LogP contribution in [-0.2, 0) is 0 Å². The lowest BCUT2D eigenvalue weighted by Crippen LogP contribution is -2.38. The van der Waals surface area contributed by atoms with E-state index in [2.05, 4.69) is 21.2 Å². The van der Waals surface area contributed by atoms with Crippen molar-refractivity contribution in [2.24, 2.45) is 5.92 Å². The van der Waals surface area contributed by atoms with Crippen LogP contribution in [0, 0.1) is 23.4 Å². The van der Waals surface area contributed by atoms with Crippen LogP contribution in [0.15, 0.2) is 12.1 Å². The first-order chi connectivity index (χ1) is 9.02. The molecule has 2 atom stereocenters. The first kappa shape index (κ1) is 14.4. The lowest BCUT2D eigenvalue weighted by atomic mass is 10.1. The highest BCUT2D eigenvalue weighted by atomic mass is 79.9. The number of hydrogen-bond donors (Lipinski definition) is 1. The first-order valence-electron chi connectivity index (χ1n) is 6.04. The van der Waals surface area contributed by atoms with E-state index in [1.54, 1.807) is 0 Å². The third-order valence-corrected chi connectivity index (χ3v) is 4.24. The Morgan fingerprint density at radius 1 is 1.26 bits per heavy atom. The van der Waals surface area contributed by atoms with Crippen LogP contribution in [0.4, 0.5) is 13.2 Å². The highest BCUT2D eigenvalue weighted by Gasteiger charge is 2.29. The lowest BCUT2D eigenvalue weighted by molar-refractivity contribution is 0.0921. The predicted octanol–water partition coefficient (Wildman–Crippen LogP) is 3.40. The molecular formula is C13H13BrF3NO. The van der Waals surface area contributed by atoms with Crippen LogP contribution in [0.2, 0.25) is 0 Å². The summed E-state index contributed by atoms with van der Waals surface area (Å²) >= 11 is 3.35. The number of alkyl halides is 1. The van der Waals surface area contributed by atoms with Crippen molar-refractivity contribution in [1.29, 1.82) is 0 Å². The molecule has 0 spiro atoms. The summed E-state index contributed by atoms with van der Waals surface area (Å²) in [6.45, 7) is 0. The number of nitrogens with one attached hydrogen (secondary N) is 1. The summed E-state index contributed by atoms with van der Waals surface area (Å²) in [5.74, 6) is -3.96. The maximum absolute atomic E-state index is 13.5. The Bertz CT molecular complexity index is 472. The van der Waals surface area contributed by atoms with Crippen molar-refractivity contribution in [3.05, 3.63) is 35.1 Å². The van der Waals surface area contributed by atoms with Crippen LogP contribution in [0.3, 0.4) is 0 Å². The van der Waals surface area contributed by atoms with Gasteiger partial charge in [0.05, 0.1) is 0 Å². The molecular weight excluding hydrogens is 323 g/mol. The first-order valence-corrected chi connectivity index (χ1v) is 7.16. The minimum absolute atomic E-state index is 0.101. The highest BCUT2D eigenvalue weighted by molar-refractivity contribution is 9.09. The molecule has 0 aromatic heterocycles. The SMILES string of the molecule is O=C(NC1CCCC1CBr)c1c(F)cc(F)cc1F. The maximum atomic E-state index is 13.5. The molecule has 1 fully saturated rings. The number of amides is 1. The van der Waals surface area contributed by atoms with Gasteiger partial charge in [-0.3, -0.25) is 4.79 Å². The summed E-state index contributed by atoms with van der Waals surface area (Å²) in [7, 11) is 0. The normalized spacial score (nSPS) is 22.5. The molecule has 2 unspecified atom stereocenters. The highest BCUT2D eigenvalue weighted by Crippen LogP contribution is 2.27. The second-order valence-electron chi connectivity index (χ2n) is 4.67. The quantitative estimate of drug-likeness (QED) is 0.843. The van der Waals surface area contributed by atoms with Gasteiger partial charge in [0.25, 0.3) is 5.91 Å². The standard InChI is InChI=1S/C13H13BrF3NO/c14-6-7-2-1-3-11(7)18-13(19)12-9(16)4-8(15)5-10(12)17/h4-5,7,11H,1-3,6H2,(H,18,19). The molecule has 1 aromatic rings. The summed E-state index contributed by atoms with van der Waals surface area (Å²) in [6.07, 6.45) is 2.71. The Labute approximate surface area is 117 Å². The summed E-state index contributed by atoms with van der Waals surface area (Å²) in [6, 6.07) is 0.916. The van der Waals surface area contributed by atoms with Crippen molar-refractivity contribution < 1.29 is 18.0 Å². The van der Waals surface area contributed by atoms with Crippen molar-refractivity contribution in [3.63, 3.8) is 0 Å². The average Bonchev–Trinajstić information content (AvgIpc) is 2.74. The molecule has 1 aromatic carbocycles. The van der Waals surface area contributed by atoms with Crippen LogP contribution in [0.1, 0.15) is 29.6 Å². The Morgan fingerprint density at radius 3 is 2.47 bits per heavy atom. The van der Waals surface area contributed by atoms with Gasteiger partial charge in [0, 0.05) is 23.5 Å². The third kappa shape index (κ3) is 3.11. The van der Waals surface area contributed by atoms with Gasteiger partial charge in [-0.15, -0.1) is 0 Å². The Balaban J connectivity index is 2.16. The summed E-state index contributed by atoms with van der Waals surface area (Å²) < 4.78 is 39.7. The second kappa shape index (κ2) is 5.94. The maximum Gasteiger partial charge on any atom is 0.257 e. The van der Waals surface area contributed by atoms with Gasteiger partial charge < -0.3 is 5.32 Å². The molecule has 2 nitrogen and oxygen atoms in total. The van der Waals surface area contributed by atoms with Crippen molar-refractivity contribution in [2.45, 2.75) is 25.3 Å². The van der Waals surface area contributed by atoms with Crippen LogP contribution < -0.4 is 5.32 Å². The van der Waals surface area contributed by atoms with Crippen molar-refractivity contribution in [2.75, 3.05) is 5.33 Å². The minimum Gasteiger partial charge on any atom is -0.349 e. The fourth-order valence-corrected chi connectivity index (χ4v) is 3.19. The number of hydrogen-bond acceptors (Lipinski definition) is 1. The van der Waals surface area contributed by atoms with Crippen LogP contribution >= 0.6 is 15.9 Å². The summed E-state index contributed by atoms with van der Waals surface area (Å²) in [5, 5.41) is 3.35. The van der Waals surface area contributed by atoms with E-state index in [1.807, 2.05) is 0 Å². The molecule has 0 heterocycles. The number of carbonyl (C=O) groups is 1. The average molecular weight is 336 g/mol. The second-order valence-corrected chi connectivity index (χ2v) is 5.32.